The van der Waals surface area contributed by atoms with Crippen molar-refractivity contribution in [2.45, 2.75) is 43.7 Å². The van der Waals surface area contributed by atoms with Gasteiger partial charge in [-0.25, -0.2) is 0 Å². The van der Waals surface area contributed by atoms with Crippen molar-refractivity contribution in [1.82, 2.24) is 10.2 Å². The van der Waals surface area contributed by atoms with Crippen molar-refractivity contribution in [2.75, 3.05) is 26.8 Å². The summed E-state index contributed by atoms with van der Waals surface area (Å²) in [5, 5.41) is 3.65. The molecule has 3 atom stereocenters. The predicted octanol–water partition coefficient (Wildman–Crippen LogP) is 2.16. The summed E-state index contributed by atoms with van der Waals surface area (Å²) in [5.41, 5.74) is 1.36. The Labute approximate surface area is 132 Å². The molecule has 1 N–H and O–H groups in total. The van der Waals surface area contributed by atoms with E-state index < -0.39 is 0 Å². The first-order chi connectivity index (χ1) is 10.8. The molecule has 4 heteroatoms. The highest BCUT2D eigenvalue weighted by Gasteiger charge is 2.40. The average Bonchev–Trinajstić information content (AvgIpc) is 2.78. The van der Waals surface area contributed by atoms with Gasteiger partial charge in [0.1, 0.15) is 6.61 Å². The molecule has 0 radical (unpaired) electrons. The minimum atomic E-state index is 0.129. The molecule has 0 unspecified atom stereocenters. The number of amides is 1. The van der Waals surface area contributed by atoms with E-state index in [-0.39, 0.29) is 18.6 Å². The third kappa shape index (κ3) is 3.18. The van der Waals surface area contributed by atoms with Gasteiger partial charge in [0.25, 0.3) is 0 Å². The SMILES string of the molecule is COCC(=O)N1CCCC[C@H]2NCC[C@H](c3ccccc3)[C@H]21. The molecule has 2 heterocycles. The van der Waals surface area contributed by atoms with Gasteiger partial charge in [0.05, 0.1) is 6.04 Å². The number of likely N-dealkylation sites (tertiary alicyclic amines) is 1. The van der Waals surface area contributed by atoms with Gasteiger partial charge in [0.2, 0.25) is 5.91 Å². The van der Waals surface area contributed by atoms with Crippen LogP contribution in [0, 0.1) is 0 Å². The zero-order chi connectivity index (χ0) is 15.4. The monoisotopic (exact) mass is 302 g/mol. The lowest BCUT2D eigenvalue weighted by molar-refractivity contribution is -0.139. The van der Waals surface area contributed by atoms with Crippen molar-refractivity contribution in [3.05, 3.63) is 35.9 Å². The van der Waals surface area contributed by atoms with E-state index in [2.05, 4.69) is 40.5 Å². The highest BCUT2D eigenvalue weighted by molar-refractivity contribution is 5.78. The maximum Gasteiger partial charge on any atom is 0.248 e. The summed E-state index contributed by atoms with van der Waals surface area (Å²) in [6.07, 6.45) is 4.52. The van der Waals surface area contributed by atoms with Crippen LogP contribution in [0.1, 0.15) is 37.2 Å². The fourth-order valence-corrected chi connectivity index (χ4v) is 4.06. The van der Waals surface area contributed by atoms with Gasteiger partial charge in [-0.2, -0.15) is 0 Å². The topological polar surface area (TPSA) is 41.6 Å². The minimum absolute atomic E-state index is 0.129. The predicted molar refractivity (Wildman–Crippen MR) is 86.8 cm³/mol. The van der Waals surface area contributed by atoms with Gasteiger partial charge in [0, 0.05) is 25.6 Å². The summed E-state index contributed by atoms with van der Waals surface area (Å²) >= 11 is 0. The smallest absolute Gasteiger partial charge is 0.248 e. The van der Waals surface area contributed by atoms with Crippen LogP contribution < -0.4 is 5.32 Å². The summed E-state index contributed by atoms with van der Waals surface area (Å²) < 4.78 is 5.11. The molecule has 1 aromatic rings. The van der Waals surface area contributed by atoms with Crippen molar-refractivity contribution in [2.24, 2.45) is 0 Å². The summed E-state index contributed by atoms with van der Waals surface area (Å²) in [7, 11) is 1.60. The second kappa shape index (κ2) is 7.25. The average molecular weight is 302 g/mol. The molecule has 1 aromatic carbocycles. The molecule has 0 bridgehead atoms. The van der Waals surface area contributed by atoms with Gasteiger partial charge in [-0.3, -0.25) is 4.79 Å². The first-order valence-electron chi connectivity index (χ1n) is 8.38. The summed E-state index contributed by atoms with van der Waals surface area (Å²) in [6, 6.07) is 11.3. The first kappa shape index (κ1) is 15.5. The molecule has 2 aliphatic rings. The van der Waals surface area contributed by atoms with Crippen LogP contribution in [0.3, 0.4) is 0 Å². The van der Waals surface area contributed by atoms with Gasteiger partial charge < -0.3 is 15.0 Å². The summed E-state index contributed by atoms with van der Waals surface area (Å²) in [6.45, 7) is 2.08. The standard InChI is InChI=1S/C18H26N2O2/c1-22-13-17(21)20-12-6-5-9-16-18(20)15(10-11-19-16)14-7-3-2-4-8-14/h2-4,7-8,15-16,18-19H,5-6,9-13H2,1H3/t15-,16-,18-/m1/s1. The number of carbonyl (C=O) groups excluding carboxylic acids is 1. The van der Waals surface area contributed by atoms with E-state index >= 15 is 0 Å². The Morgan fingerprint density at radius 3 is 2.86 bits per heavy atom. The third-order valence-corrected chi connectivity index (χ3v) is 5.03. The maximum atomic E-state index is 12.6. The van der Waals surface area contributed by atoms with E-state index in [4.69, 9.17) is 4.74 Å². The number of benzene rings is 1. The number of hydrogen-bond acceptors (Lipinski definition) is 3. The Kier molecular flexibility index (Phi) is 5.11. The third-order valence-electron chi connectivity index (χ3n) is 5.03. The van der Waals surface area contributed by atoms with Crippen molar-refractivity contribution < 1.29 is 9.53 Å². The molecule has 2 aliphatic heterocycles. The molecule has 0 aliphatic carbocycles. The minimum Gasteiger partial charge on any atom is -0.375 e. The van der Waals surface area contributed by atoms with E-state index in [1.54, 1.807) is 7.11 Å². The fraction of sp³-hybridized carbons (Fsp3) is 0.611. The van der Waals surface area contributed by atoms with Crippen LogP contribution in [0.25, 0.3) is 0 Å². The number of carbonyl (C=O) groups is 1. The molecule has 22 heavy (non-hydrogen) atoms. The van der Waals surface area contributed by atoms with Crippen LogP contribution in [-0.2, 0) is 9.53 Å². The number of hydrogen-bond donors (Lipinski definition) is 1. The van der Waals surface area contributed by atoms with Gasteiger partial charge >= 0.3 is 0 Å². The van der Waals surface area contributed by atoms with Crippen LogP contribution >= 0.6 is 0 Å². The maximum absolute atomic E-state index is 12.6. The number of ether oxygens (including phenoxy) is 1. The van der Waals surface area contributed by atoms with Crippen LogP contribution in [0.2, 0.25) is 0 Å². The van der Waals surface area contributed by atoms with Crippen molar-refractivity contribution in [3.63, 3.8) is 0 Å². The number of fused-ring (bicyclic) bond motifs is 1. The van der Waals surface area contributed by atoms with Crippen molar-refractivity contribution in [3.8, 4) is 0 Å². The highest BCUT2D eigenvalue weighted by atomic mass is 16.5. The highest BCUT2D eigenvalue weighted by Crippen LogP contribution is 2.35. The zero-order valence-corrected chi connectivity index (χ0v) is 13.3. The first-order valence-corrected chi connectivity index (χ1v) is 8.38. The van der Waals surface area contributed by atoms with E-state index in [1.807, 2.05) is 0 Å². The lowest BCUT2D eigenvalue weighted by Gasteiger charge is -2.44. The van der Waals surface area contributed by atoms with Gasteiger partial charge in [-0.1, -0.05) is 36.8 Å². The van der Waals surface area contributed by atoms with Crippen molar-refractivity contribution in [1.29, 1.82) is 0 Å². The van der Waals surface area contributed by atoms with Crippen LogP contribution in [0.15, 0.2) is 30.3 Å². The molecule has 0 saturated carbocycles. The van der Waals surface area contributed by atoms with E-state index in [1.165, 1.54) is 12.0 Å². The molecule has 2 saturated heterocycles. The van der Waals surface area contributed by atoms with E-state index in [0.29, 0.717) is 12.0 Å². The lowest BCUT2D eigenvalue weighted by Crippen LogP contribution is -2.58. The molecular weight excluding hydrogens is 276 g/mol. The molecule has 4 nitrogen and oxygen atoms in total. The molecular formula is C18H26N2O2. The summed E-state index contributed by atoms with van der Waals surface area (Å²) in [4.78, 5) is 14.6. The molecule has 0 spiro atoms. The quantitative estimate of drug-likeness (QED) is 0.930. The normalized spacial score (nSPS) is 28.8. The molecule has 2 fully saturated rings. The van der Waals surface area contributed by atoms with Gasteiger partial charge in [-0.15, -0.1) is 0 Å². The second-order valence-corrected chi connectivity index (χ2v) is 6.37. The number of nitrogens with one attached hydrogen (secondary N) is 1. The number of piperidine rings is 1. The zero-order valence-electron chi connectivity index (χ0n) is 13.3. The van der Waals surface area contributed by atoms with Crippen molar-refractivity contribution >= 4 is 5.91 Å². The molecule has 3 rings (SSSR count). The van der Waals surface area contributed by atoms with Gasteiger partial charge in [-0.05, 0) is 31.4 Å². The lowest BCUT2D eigenvalue weighted by atomic mass is 9.80. The van der Waals surface area contributed by atoms with Crippen LogP contribution in [0.5, 0.6) is 0 Å². The molecule has 120 valence electrons. The Morgan fingerprint density at radius 1 is 1.27 bits per heavy atom. The van der Waals surface area contributed by atoms with E-state index in [9.17, 15) is 4.79 Å². The van der Waals surface area contributed by atoms with E-state index in [0.717, 1.165) is 32.4 Å². The Balaban J connectivity index is 1.90. The fourth-order valence-electron chi connectivity index (χ4n) is 4.06. The Bertz CT molecular complexity index is 491. The molecule has 0 aromatic heterocycles. The number of nitrogens with zero attached hydrogens (tertiary/aromatic N) is 1. The van der Waals surface area contributed by atoms with Crippen LogP contribution in [-0.4, -0.2) is 49.7 Å². The van der Waals surface area contributed by atoms with Gasteiger partial charge in [0.15, 0.2) is 0 Å². The Morgan fingerprint density at radius 2 is 2.09 bits per heavy atom. The second-order valence-electron chi connectivity index (χ2n) is 6.37. The summed E-state index contributed by atoms with van der Waals surface area (Å²) in [5.74, 6) is 0.551. The Hall–Kier alpha value is -1.39. The molecule has 1 amide bonds. The number of rotatable bonds is 3. The number of methoxy groups -OCH3 is 1. The van der Waals surface area contributed by atoms with Crippen LogP contribution in [0.4, 0.5) is 0 Å². The largest absolute Gasteiger partial charge is 0.375 e.